The van der Waals surface area contributed by atoms with Gasteiger partial charge in [-0.3, -0.25) is 9.59 Å². The van der Waals surface area contributed by atoms with Gasteiger partial charge in [0.25, 0.3) is 11.8 Å². The predicted octanol–water partition coefficient (Wildman–Crippen LogP) is 6.61. The summed E-state index contributed by atoms with van der Waals surface area (Å²) >= 11 is 1.48. The number of amides is 2. The molecule has 0 bridgehead atoms. The normalized spacial score (nSPS) is 13.8. The van der Waals surface area contributed by atoms with Crippen molar-refractivity contribution in [3.63, 3.8) is 0 Å². The van der Waals surface area contributed by atoms with Crippen LogP contribution in [-0.4, -0.2) is 18.9 Å². The van der Waals surface area contributed by atoms with Crippen LogP contribution in [0.2, 0.25) is 0 Å². The van der Waals surface area contributed by atoms with Crippen LogP contribution in [0.5, 0.6) is 5.75 Å². The first-order chi connectivity index (χ1) is 18.5. The van der Waals surface area contributed by atoms with Crippen LogP contribution in [0.25, 0.3) is 6.08 Å². The first-order valence-corrected chi connectivity index (χ1v) is 13.2. The number of nitrogens with one attached hydrogen (secondary N) is 1. The first-order valence-electron chi connectivity index (χ1n) is 12.4. The average Bonchev–Trinajstić information content (AvgIpc) is 2.95. The monoisotopic (exact) mass is 520 g/mol. The highest BCUT2D eigenvalue weighted by Gasteiger charge is 2.29. The summed E-state index contributed by atoms with van der Waals surface area (Å²) in [5.41, 5.74) is 5.51. The Morgan fingerprint density at radius 3 is 2.34 bits per heavy atom. The number of ether oxygens (including phenoxy) is 1. The number of methoxy groups -OCH3 is 1. The minimum atomic E-state index is -0.170. The van der Waals surface area contributed by atoms with E-state index >= 15 is 0 Å². The van der Waals surface area contributed by atoms with Crippen LogP contribution in [0.1, 0.15) is 32.6 Å². The van der Waals surface area contributed by atoms with Crippen LogP contribution in [-0.2, 0) is 17.9 Å². The molecule has 0 spiro atoms. The molecule has 0 unspecified atom stereocenters. The van der Waals surface area contributed by atoms with E-state index < -0.39 is 0 Å². The van der Waals surface area contributed by atoms with E-state index in [0.717, 1.165) is 38.6 Å². The summed E-state index contributed by atoms with van der Waals surface area (Å²) in [4.78, 5) is 29.9. The molecular weight excluding hydrogens is 492 g/mol. The van der Waals surface area contributed by atoms with Crippen molar-refractivity contribution in [2.75, 3.05) is 12.0 Å². The molecule has 5 nitrogen and oxygen atoms in total. The van der Waals surface area contributed by atoms with Crippen molar-refractivity contribution in [3.8, 4) is 5.75 Å². The molecule has 1 N–H and O–H groups in total. The van der Waals surface area contributed by atoms with Gasteiger partial charge in [-0.05, 0) is 60.0 Å². The summed E-state index contributed by atoms with van der Waals surface area (Å²) in [6.45, 7) is 2.94. The van der Waals surface area contributed by atoms with Crippen molar-refractivity contribution in [2.24, 2.45) is 0 Å². The highest BCUT2D eigenvalue weighted by Crippen LogP contribution is 2.42. The highest BCUT2D eigenvalue weighted by atomic mass is 32.2. The number of para-hydroxylation sites is 2. The number of benzene rings is 4. The number of carbonyl (C=O) groups is 2. The van der Waals surface area contributed by atoms with Crippen LogP contribution >= 0.6 is 11.8 Å². The smallest absolute Gasteiger partial charge is 0.265 e. The summed E-state index contributed by atoms with van der Waals surface area (Å²) in [6.07, 6.45) is 1.89. The summed E-state index contributed by atoms with van der Waals surface area (Å²) in [5, 5.41) is 2.94. The summed E-state index contributed by atoms with van der Waals surface area (Å²) in [5.74, 6) is 0.537. The van der Waals surface area contributed by atoms with Crippen LogP contribution in [0.4, 0.5) is 5.69 Å². The SMILES string of the molecule is COc1ccccc1CNC(=O)c1ccc(C=C2Sc3ccccc3N(Cc3ccccc3C)C2=O)cc1. The van der Waals surface area contributed by atoms with Gasteiger partial charge in [-0.25, -0.2) is 0 Å². The molecule has 0 aromatic heterocycles. The molecule has 38 heavy (non-hydrogen) atoms. The molecular formula is C32H28N2O3S. The lowest BCUT2D eigenvalue weighted by molar-refractivity contribution is -0.114. The fourth-order valence-electron chi connectivity index (χ4n) is 4.39. The van der Waals surface area contributed by atoms with E-state index in [1.807, 2.05) is 83.8 Å². The van der Waals surface area contributed by atoms with Crippen LogP contribution in [0.3, 0.4) is 0 Å². The van der Waals surface area contributed by atoms with Crippen LogP contribution < -0.4 is 15.0 Å². The number of nitrogens with zero attached hydrogens (tertiary/aromatic N) is 1. The maximum absolute atomic E-state index is 13.6. The van der Waals surface area contributed by atoms with Gasteiger partial charge in [-0.2, -0.15) is 0 Å². The Bertz CT molecular complexity index is 1510. The van der Waals surface area contributed by atoms with E-state index in [2.05, 4.69) is 24.4 Å². The molecule has 5 rings (SSSR count). The lowest BCUT2D eigenvalue weighted by Gasteiger charge is -2.31. The molecule has 1 aliphatic rings. The van der Waals surface area contributed by atoms with Crippen LogP contribution in [0.15, 0.2) is 107 Å². The lowest BCUT2D eigenvalue weighted by atomic mass is 10.1. The molecule has 6 heteroatoms. The number of carbonyl (C=O) groups excluding carboxylic acids is 2. The van der Waals surface area contributed by atoms with Crippen molar-refractivity contribution in [2.45, 2.75) is 24.9 Å². The van der Waals surface area contributed by atoms with Gasteiger partial charge >= 0.3 is 0 Å². The van der Waals surface area contributed by atoms with Gasteiger partial charge in [0.1, 0.15) is 5.75 Å². The molecule has 0 fully saturated rings. The van der Waals surface area contributed by atoms with Gasteiger partial charge in [0, 0.05) is 22.6 Å². The molecule has 190 valence electrons. The van der Waals surface area contributed by atoms with E-state index in [4.69, 9.17) is 4.74 Å². The molecule has 0 saturated carbocycles. The third kappa shape index (κ3) is 5.50. The van der Waals surface area contributed by atoms with Gasteiger partial charge in [-0.1, -0.05) is 78.5 Å². The number of hydrogen-bond acceptors (Lipinski definition) is 4. The van der Waals surface area contributed by atoms with Crippen molar-refractivity contribution in [3.05, 3.63) is 130 Å². The summed E-state index contributed by atoms with van der Waals surface area (Å²) in [7, 11) is 1.61. The lowest BCUT2D eigenvalue weighted by Crippen LogP contribution is -2.33. The first kappa shape index (κ1) is 25.4. The Morgan fingerprint density at radius 2 is 1.58 bits per heavy atom. The van der Waals surface area contributed by atoms with Crippen molar-refractivity contribution in [1.82, 2.24) is 5.32 Å². The standard InChI is InChI=1S/C32H28N2O3S/c1-22-9-3-4-11-26(22)21-34-27-12-6-8-14-29(27)38-30(32(34)36)19-23-15-17-24(18-16-23)31(35)33-20-25-10-5-7-13-28(25)37-2/h3-19H,20-21H2,1-2H3,(H,33,35). The van der Waals surface area contributed by atoms with E-state index in [0.29, 0.717) is 23.6 Å². The number of hydrogen-bond donors (Lipinski definition) is 1. The van der Waals surface area contributed by atoms with Gasteiger partial charge in [0.15, 0.2) is 0 Å². The Labute approximate surface area is 227 Å². The predicted molar refractivity (Wildman–Crippen MR) is 153 cm³/mol. The summed E-state index contributed by atoms with van der Waals surface area (Å²) < 4.78 is 5.36. The Balaban J connectivity index is 1.34. The van der Waals surface area contributed by atoms with E-state index in [-0.39, 0.29) is 11.8 Å². The van der Waals surface area contributed by atoms with Crippen molar-refractivity contribution in [1.29, 1.82) is 0 Å². The van der Waals surface area contributed by atoms with E-state index in [9.17, 15) is 9.59 Å². The second-order valence-corrected chi connectivity index (χ2v) is 10.1. The number of anilines is 1. The van der Waals surface area contributed by atoms with Crippen molar-refractivity contribution >= 4 is 35.3 Å². The summed E-state index contributed by atoms with van der Waals surface area (Å²) in [6, 6.07) is 31.0. The molecule has 0 atom stereocenters. The van der Waals surface area contributed by atoms with Gasteiger partial charge in [-0.15, -0.1) is 0 Å². The minimum absolute atomic E-state index is 0.0319. The molecule has 0 radical (unpaired) electrons. The number of fused-ring (bicyclic) bond motifs is 1. The number of rotatable bonds is 7. The molecule has 0 aliphatic carbocycles. The van der Waals surface area contributed by atoms with Gasteiger partial charge < -0.3 is 15.0 Å². The maximum Gasteiger partial charge on any atom is 0.265 e. The number of thioether (sulfide) groups is 1. The minimum Gasteiger partial charge on any atom is -0.496 e. The largest absolute Gasteiger partial charge is 0.496 e. The molecule has 2 amide bonds. The Hall–Kier alpha value is -4.29. The Morgan fingerprint density at radius 1 is 0.895 bits per heavy atom. The quantitative estimate of drug-likeness (QED) is 0.279. The molecule has 1 heterocycles. The molecule has 4 aromatic rings. The zero-order valence-electron chi connectivity index (χ0n) is 21.3. The van der Waals surface area contributed by atoms with E-state index in [1.165, 1.54) is 11.8 Å². The zero-order chi connectivity index (χ0) is 26.5. The molecule has 0 saturated heterocycles. The van der Waals surface area contributed by atoms with Crippen molar-refractivity contribution < 1.29 is 14.3 Å². The second-order valence-electron chi connectivity index (χ2n) is 9.01. The Kier molecular flexibility index (Phi) is 7.61. The van der Waals surface area contributed by atoms with Crippen LogP contribution in [0, 0.1) is 6.92 Å². The third-order valence-electron chi connectivity index (χ3n) is 6.52. The average molecular weight is 521 g/mol. The van der Waals surface area contributed by atoms with E-state index in [1.54, 1.807) is 19.2 Å². The third-order valence-corrected chi connectivity index (χ3v) is 7.60. The number of aryl methyl sites for hydroxylation is 1. The molecule has 4 aromatic carbocycles. The topological polar surface area (TPSA) is 58.6 Å². The van der Waals surface area contributed by atoms with Gasteiger partial charge in [0.2, 0.25) is 0 Å². The zero-order valence-corrected chi connectivity index (χ0v) is 22.1. The van der Waals surface area contributed by atoms with Gasteiger partial charge in [0.05, 0.1) is 24.2 Å². The highest BCUT2D eigenvalue weighted by molar-refractivity contribution is 8.04. The maximum atomic E-state index is 13.6. The molecule has 1 aliphatic heterocycles. The second kappa shape index (κ2) is 11.4. The fraction of sp³-hybridized carbons (Fsp3) is 0.125. The fourth-order valence-corrected chi connectivity index (χ4v) is 5.44.